The van der Waals surface area contributed by atoms with E-state index in [0.717, 1.165) is 31.1 Å². The minimum Gasteiger partial charge on any atom is -0.339 e. The summed E-state index contributed by atoms with van der Waals surface area (Å²) in [4.78, 5) is 15.0. The number of hydrogen-bond acceptors (Lipinski definition) is 1. The van der Waals surface area contributed by atoms with Crippen LogP contribution in [0.3, 0.4) is 0 Å². The van der Waals surface area contributed by atoms with Crippen molar-refractivity contribution in [2.24, 2.45) is 5.92 Å². The van der Waals surface area contributed by atoms with Crippen molar-refractivity contribution in [1.82, 2.24) is 4.90 Å². The molecule has 0 radical (unpaired) electrons. The second-order valence-electron chi connectivity index (χ2n) is 6.03. The fourth-order valence-electron chi connectivity index (χ4n) is 3.71. The standard InChI is InChI=1S/C17H22BrNO/c18-9-3-7-16-8-4-10-19(16)17(20)15-11-13-5-1-2-6-14(13)12-15/h1-2,5-6,15-16H,3-4,7-12H2. The Morgan fingerprint density at radius 2 is 1.95 bits per heavy atom. The van der Waals surface area contributed by atoms with Gasteiger partial charge in [-0.15, -0.1) is 0 Å². The molecule has 2 nitrogen and oxygen atoms in total. The average Bonchev–Trinajstić information content (AvgIpc) is 3.10. The molecule has 0 spiro atoms. The number of benzene rings is 1. The number of nitrogens with zero attached hydrogens (tertiary/aromatic N) is 1. The Morgan fingerprint density at radius 3 is 2.60 bits per heavy atom. The Balaban J connectivity index is 1.65. The smallest absolute Gasteiger partial charge is 0.226 e. The van der Waals surface area contributed by atoms with Crippen molar-refractivity contribution in [3.8, 4) is 0 Å². The van der Waals surface area contributed by atoms with Gasteiger partial charge in [-0.25, -0.2) is 0 Å². The molecule has 1 aliphatic heterocycles. The minimum absolute atomic E-state index is 0.192. The van der Waals surface area contributed by atoms with E-state index in [0.29, 0.717) is 11.9 Å². The van der Waals surface area contributed by atoms with Crippen molar-refractivity contribution in [3.63, 3.8) is 0 Å². The van der Waals surface area contributed by atoms with Crippen molar-refractivity contribution >= 4 is 21.8 Å². The van der Waals surface area contributed by atoms with Crippen LogP contribution in [0.2, 0.25) is 0 Å². The first-order valence-electron chi connectivity index (χ1n) is 7.73. The second kappa shape index (κ2) is 6.30. The van der Waals surface area contributed by atoms with Crippen LogP contribution in [-0.2, 0) is 17.6 Å². The molecule has 1 aromatic carbocycles. The van der Waals surface area contributed by atoms with Crippen molar-refractivity contribution in [2.75, 3.05) is 11.9 Å². The Hall–Kier alpha value is -0.830. The number of rotatable bonds is 4. The molecule has 108 valence electrons. The Morgan fingerprint density at radius 1 is 1.25 bits per heavy atom. The summed E-state index contributed by atoms with van der Waals surface area (Å²) in [6.45, 7) is 0.971. The number of amides is 1. The summed E-state index contributed by atoms with van der Waals surface area (Å²) in [6, 6.07) is 9.01. The first kappa shape index (κ1) is 14.1. The first-order chi connectivity index (χ1) is 9.79. The number of fused-ring (bicyclic) bond motifs is 1. The van der Waals surface area contributed by atoms with Gasteiger partial charge in [0, 0.05) is 23.8 Å². The molecule has 3 rings (SSSR count). The van der Waals surface area contributed by atoms with E-state index in [4.69, 9.17) is 0 Å². The van der Waals surface area contributed by atoms with Crippen LogP contribution in [0.25, 0.3) is 0 Å². The van der Waals surface area contributed by atoms with Crippen LogP contribution in [-0.4, -0.2) is 28.7 Å². The molecule has 1 unspecified atom stereocenters. The van der Waals surface area contributed by atoms with Gasteiger partial charge in [-0.2, -0.15) is 0 Å². The van der Waals surface area contributed by atoms with E-state index in [1.165, 1.54) is 30.4 Å². The normalized spacial score (nSPS) is 22.2. The van der Waals surface area contributed by atoms with Gasteiger partial charge >= 0.3 is 0 Å². The van der Waals surface area contributed by atoms with Gasteiger partial charge in [0.15, 0.2) is 0 Å². The highest BCUT2D eigenvalue weighted by atomic mass is 79.9. The van der Waals surface area contributed by atoms with E-state index in [9.17, 15) is 4.79 Å². The number of halogens is 1. The highest BCUT2D eigenvalue weighted by Crippen LogP contribution is 2.31. The third-order valence-corrected chi connectivity index (χ3v) is 5.29. The van der Waals surface area contributed by atoms with Crippen LogP contribution >= 0.6 is 15.9 Å². The summed E-state index contributed by atoms with van der Waals surface area (Å²) >= 11 is 3.50. The van der Waals surface area contributed by atoms with Gasteiger partial charge < -0.3 is 4.90 Å². The molecule has 2 aliphatic rings. The summed E-state index contributed by atoms with van der Waals surface area (Å²) in [5, 5.41) is 1.04. The molecule has 1 aliphatic carbocycles. The topological polar surface area (TPSA) is 20.3 Å². The Kier molecular flexibility index (Phi) is 4.45. The lowest BCUT2D eigenvalue weighted by Crippen LogP contribution is -2.40. The van der Waals surface area contributed by atoms with Crippen LogP contribution in [0, 0.1) is 5.92 Å². The molecule has 1 saturated heterocycles. The van der Waals surface area contributed by atoms with E-state index in [-0.39, 0.29) is 5.92 Å². The van der Waals surface area contributed by atoms with E-state index in [1.54, 1.807) is 0 Å². The largest absolute Gasteiger partial charge is 0.339 e. The molecule has 0 aromatic heterocycles. The zero-order chi connectivity index (χ0) is 13.9. The average molecular weight is 336 g/mol. The number of alkyl halides is 1. The van der Waals surface area contributed by atoms with Gasteiger partial charge in [0.2, 0.25) is 5.91 Å². The van der Waals surface area contributed by atoms with Gasteiger partial charge in [0.1, 0.15) is 0 Å². The molecule has 20 heavy (non-hydrogen) atoms. The molecule has 0 saturated carbocycles. The van der Waals surface area contributed by atoms with E-state index >= 15 is 0 Å². The van der Waals surface area contributed by atoms with Crippen LogP contribution < -0.4 is 0 Å². The van der Waals surface area contributed by atoms with Crippen LogP contribution in [0.15, 0.2) is 24.3 Å². The maximum absolute atomic E-state index is 12.8. The van der Waals surface area contributed by atoms with E-state index in [2.05, 4.69) is 45.1 Å². The van der Waals surface area contributed by atoms with Crippen molar-refractivity contribution in [2.45, 2.75) is 44.6 Å². The molecule has 1 heterocycles. The summed E-state index contributed by atoms with van der Waals surface area (Å²) in [5.74, 6) is 0.593. The zero-order valence-corrected chi connectivity index (χ0v) is 13.4. The number of carbonyl (C=O) groups is 1. The van der Waals surface area contributed by atoms with Crippen molar-refractivity contribution < 1.29 is 4.79 Å². The van der Waals surface area contributed by atoms with Gasteiger partial charge in [0.25, 0.3) is 0 Å². The van der Waals surface area contributed by atoms with Crippen molar-refractivity contribution in [3.05, 3.63) is 35.4 Å². The summed E-state index contributed by atoms with van der Waals surface area (Å²) < 4.78 is 0. The molecule has 0 N–H and O–H groups in total. The van der Waals surface area contributed by atoms with E-state index in [1.807, 2.05) is 0 Å². The molecular weight excluding hydrogens is 314 g/mol. The highest BCUT2D eigenvalue weighted by Gasteiger charge is 2.35. The summed E-state index contributed by atoms with van der Waals surface area (Å²) in [6.07, 6.45) is 6.57. The number of likely N-dealkylation sites (tertiary alicyclic amines) is 1. The lowest BCUT2D eigenvalue weighted by atomic mass is 10.0. The second-order valence-corrected chi connectivity index (χ2v) is 6.83. The molecule has 3 heteroatoms. The molecule has 1 aromatic rings. The highest BCUT2D eigenvalue weighted by molar-refractivity contribution is 9.09. The van der Waals surface area contributed by atoms with Gasteiger partial charge in [-0.3, -0.25) is 4.79 Å². The third-order valence-electron chi connectivity index (χ3n) is 4.73. The number of carbonyl (C=O) groups excluding carboxylic acids is 1. The molecular formula is C17H22BrNO. The van der Waals surface area contributed by atoms with Gasteiger partial charge in [-0.1, -0.05) is 40.2 Å². The van der Waals surface area contributed by atoms with Crippen LogP contribution in [0.4, 0.5) is 0 Å². The Labute approximate surface area is 129 Å². The molecule has 0 bridgehead atoms. The number of hydrogen-bond donors (Lipinski definition) is 0. The Bertz CT molecular complexity index is 463. The lowest BCUT2D eigenvalue weighted by molar-refractivity contribution is -0.136. The lowest BCUT2D eigenvalue weighted by Gasteiger charge is -2.27. The SMILES string of the molecule is O=C(C1Cc2ccccc2C1)N1CCCC1CCCBr. The van der Waals surface area contributed by atoms with Crippen molar-refractivity contribution in [1.29, 1.82) is 0 Å². The molecule has 1 amide bonds. The van der Waals surface area contributed by atoms with Gasteiger partial charge in [-0.05, 0) is 49.7 Å². The summed E-state index contributed by atoms with van der Waals surface area (Å²) in [7, 11) is 0. The first-order valence-corrected chi connectivity index (χ1v) is 8.85. The zero-order valence-electron chi connectivity index (χ0n) is 11.9. The van der Waals surface area contributed by atoms with Crippen LogP contribution in [0.1, 0.15) is 36.8 Å². The molecule has 1 fully saturated rings. The maximum Gasteiger partial charge on any atom is 0.226 e. The summed E-state index contributed by atoms with van der Waals surface area (Å²) in [5.41, 5.74) is 2.75. The predicted molar refractivity (Wildman–Crippen MR) is 85.1 cm³/mol. The minimum atomic E-state index is 0.192. The van der Waals surface area contributed by atoms with E-state index < -0.39 is 0 Å². The monoisotopic (exact) mass is 335 g/mol. The molecule has 1 atom stereocenters. The maximum atomic E-state index is 12.8. The van der Waals surface area contributed by atoms with Gasteiger partial charge in [0.05, 0.1) is 0 Å². The quantitative estimate of drug-likeness (QED) is 0.770. The fourth-order valence-corrected chi connectivity index (χ4v) is 4.03. The van der Waals surface area contributed by atoms with Crippen LogP contribution in [0.5, 0.6) is 0 Å². The fraction of sp³-hybridized carbons (Fsp3) is 0.588. The third kappa shape index (κ3) is 2.78. The predicted octanol–water partition coefficient (Wildman–Crippen LogP) is 3.57.